The van der Waals surface area contributed by atoms with E-state index < -0.39 is 0 Å². The highest BCUT2D eigenvalue weighted by Gasteiger charge is 2.36. The summed E-state index contributed by atoms with van der Waals surface area (Å²) in [7, 11) is 1.58. The number of halogens is 1. The van der Waals surface area contributed by atoms with E-state index in [9.17, 15) is 9.59 Å². The van der Waals surface area contributed by atoms with E-state index in [0.29, 0.717) is 23.9 Å². The zero-order chi connectivity index (χ0) is 15.4. The van der Waals surface area contributed by atoms with E-state index in [4.69, 9.17) is 16.3 Å². The molecule has 0 bridgehead atoms. The third-order valence-electron chi connectivity index (χ3n) is 3.44. The third kappa shape index (κ3) is 3.74. The van der Waals surface area contributed by atoms with Crippen LogP contribution in [0.2, 0.25) is 5.02 Å². The molecule has 1 aliphatic heterocycles. The van der Waals surface area contributed by atoms with Crippen molar-refractivity contribution in [3.8, 4) is 0 Å². The molecule has 2 unspecified atom stereocenters. The minimum atomic E-state index is -0.354. The molecule has 0 radical (unpaired) electrons. The van der Waals surface area contributed by atoms with Gasteiger partial charge in [-0.15, -0.1) is 0 Å². The number of methoxy groups -OCH3 is 1. The maximum atomic E-state index is 12.2. The van der Waals surface area contributed by atoms with E-state index in [0.717, 1.165) is 0 Å². The van der Waals surface area contributed by atoms with Gasteiger partial charge in [-0.1, -0.05) is 23.7 Å². The van der Waals surface area contributed by atoms with Gasteiger partial charge in [0.05, 0.1) is 23.2 Å². The summed E-state index contributed by atoms with van der Waals surface area (Å²) < 4.78 is 4.98. The Morgan fingerprint density at radius 1 is 1.52 bits per heavy atom. The van der Waals surface area contributed by atoms with Crippen LogP contribution in [0.5, 0.6) is 0 Å². The summed E-state index contributed by atoms with van der Waals surface area (Å²) in [6, 6.07) is 7.07. The molecule has 0 aliphatic carbocycles. The quantitative estimate of drug-likeness (QED) is 0.903. The van der Waals surface area contributed by atoms with Crippen molar-refractivity contribution in [2.45, 2.75) is 19.4 Å². The number of benzene rings is 1. The Hall–Kier alpha value is -1.59. The molecule has 1 aliphatic rings. The topological polar surface area (TPSA) is 58.6 Å². The highest BCUT2D eigenvalue weighted by atomic mass is 35.5. The number of rotatable bonds is 5. The fourth-order valence-corrected chi connectivity index (χ4v) is 2.68. The number of hydrogen-bond acceptors (Lipinski definition) is 3. The lowest BCUT2D eigenvalue weighted by Gasteiger charge is -2.19. The van der Waals surface area contributed by atoms with Gasteiger partial charge in [-0.2, -0.15) is 0 Å². The molecule has 0 spiro atoms. The van der Waals surface area contributed by atoms with E-state index in [1.807, 2.05) is 19.1 Å². The minimum Gasteiger partial charge on any atom is -0.383 e. The Kier molecular flexibility index (Phi) is 5.20. The van der Waals surface area contributed by atoms with Gasteiger partial charge in [0.2, 0.25) is 11.8 Å². The minimum absolute atomic E-state index is 0.0769. The van der Waals surface area contributed by atoms with Gasteiger partial charge in [0, 0.05) is 26.1 Å². The summed E-state index contributed by atoms with van der Waals surface area (Å²) in [5.74, 6) is -0.557. The Balaban J connectivity index is 2.03. The number of carbonyl (C=O) groups is 2. The summed E-state index contributed by atoms with van der Waals surface area (Å²) in [6.07, 6.45) is 0.205. The highest BCUT2D eigenvalue weighted by molar-refractivity contribution is 6.33. The van der Waals surface area contributed by atoms with E-state index in [1.165, 1.54) is 0 Å². The van der Waals surface area contributed by atoms with Gasteiger partial charge in [-0.25, -0.2) is 0 Å². The second-order valence-corrected chi connectivity index (χ2v) is 5.63. The SMILES string of the molecule is COCC(C)NC(=O)C1CC(=O)N(c2ccccc2Cl)C1. The standard InChI is InChI=1S/C15H19ClN2O3/c1-10(9-21-2)17-15(20)11-7-14(19)18(8-11)13-6-4-3-5-12(13)16/h3-6,10-11H,7-9H2,1-2H3,(H,17,20). The fourth-order valence-electron chi connectivity index (χ4n) is 2.44. The van der Waals surface area contributed by atoms with Crippen LogP contribution in [-0.4, -0.2) is 38.1 Å². The number of hydrogen-bond donors (Lipinski definition) is 1. The normalized spacial score (nSPS) is 19.7. The Bertz CT molecular complexity index is 535. The molecule has 1 N–H and O–H groups in total. The summed E-state index contributed by atoms with van der Waals surface area (Å²) >= 11 is 6.11. The second kappa shape index (κ2) is 6.91. The third-order valence-corrected chi connectivity index (χ3v) is 3.76. The predicted octanol–water partition coefficient (Wildman–Crippen LogP) is 1.84. The highest BCUT2D eigenvalue weighted by Crippen LogP contribution is 2.30. The van der Waals surface area contributed by atoms with Crippen molar-refractivity contribution in [1.29, 1.82) is 0 Å². The van der Waals surface area contributed by atoms with Crippen LogP contribution in [0.4, 0.5) is 5.69 Å². The van der Waals surface area contributed by atoms with Gasteiger partial charge in [0.1, 0.15) is 0 Å². The van der Waals surface area contributed by atoms with E-state index in [2.05, 4.69) is 5.32 Å². The average molecular weight is 311 g/mol. The molecule has 1 aromatic rings. The molecule has 5 nitrogen and oxygen atoms in total. The lowest BCUT2D eigenvalue weighted by atomic mass is 10.1. The summed E-state index contributed by atoms with van der Waals surface area (Å²) in [5, 5.41) is 3.37. The maximum absolute atomic E-state index is 12.2. The first-order valence-corrected chi connectivity index (χ1v) is 7.25. The molecule has 1 aromatic carbocycles. The molecule has 1 saturated heterocycles. The number of amides is 2. The fraction of sp³-hybridized carbons (Fsp3) is 0.467. The van der Waals surface area contributed by atoms with Crippen molar-refractivity contribution in [2.75, 3.05) is 25.2 Å². The lowest BCUT2D eigenvalue weighted by molar-refractivity contribution is -0.127. The Morgan fingerprint density at radius 2 is 2.24 bits per heavy atom. The number of anilines is 1. The first-order chi connectivity index (χ1) is 10.0. The van der Waals surface area contributed by atoms with Crippen LogP contribution in [0.25, 0.3) is 0 Å². The summed E-state index contributed by atoms with van der Waals surface area (Å²) in [6.45, 7) is 2.67. The molecular formula is C15H19ClN2O3. The van der Waals surface area contributed by atoms with Gasteiger partial charge in [-0.3, -0.25) is 9.59 Å². The van der Waals surface area contributed by atoms with Crippen LogP contribution in [0.15, 0.2) is 24.3 Å². The molecule has 6 heteroatoms. The maximum Gasteiger partial charge on any atom is 0.227 e. The van der Waals surface area contributed by atoms with Crippen molar-refractivity contribution in [1.82, 2.24) is 5.32 Å². The summed E-state index contributed by atoms with van der Waals surface area (Å²) in [4.78, 5) is 25.9. The zero-order valence-corrected chi connectivity index (χ0v) is 12.9. The van der Waals surface area contributed by atoms with Crippen LogP contribution in [0.3, 0.4) is 0 Å². The first kappa shape index (κ1) is 15.8. The zero-order valence-electron chi connectivity index (χ0n) is 12.1. The molecule has 2 atom stereocenters. The van der Waals surface area contributed by atoms with Crippen LogP contribution in [0, 0.1) is 5.92 Å². The largest absolute Gasteiger partial charge is 0.383 e. The smallest absolute Gasteiger partial charge is 0.227 e. The van der Waals surface area contributed by atoms with Gasteiger partial charge >= 0.3 is 0 Å². The van der Waals surface area contributed by atoms with Crippen LogP contribution < -0.4 is 10.2 Å². The van der Waals surface area contributed by atoms with Crippen LogP contribution >= 0.6 is 11.6 Å². The molecular weight excluding hydrogens is 292 g/mol. The predicted molar refractivity (Wildman–Crippen MR) is 81.4 cm³/mol. The monoisotopic (exact) mass is 310 g/mol. The molecule has 2 rings (SSSR count). The second-order valence-electron chi connectivity index (χ2n) is 5.22. The van der Waals surface area contributed by atoms with Crippen LogP contribution in [0.1, 0.15) is 13.3 Å². The number of ether oxygens (including phenoxy) is 1. The van der Waals surface area contributed by atoms with Crippen molar-refractivity contribution >= 4 is 29.1 Å². The number of para-hydroxylation sites is 1. The Labute approximate surface area is 129 Å². The molecule has 2 amide bonds. The van der Waals surface area contributed by atoms with E-state index in [1.54, 1.807) is 24.1 Å². The number of nitrogens with zero attached hydrogens (tertiary/aromatic N) is 1. The van der Waals surface area contributed by atoms with Gasteiger partial charge < -0.3 is 15.0 Å². The average Bonchev–Trinajstić information content (AvgIpc) is 2.81. The summed E-state index contributed by atoms with van der Waals surface area (Å²) in [5.41, 5.74) is 0.657. The van der Waals surface area contributed by atoms with E-state index in [-0.39, 0.29) is 30.2 Å². The Morgan fingerprint density at radius 3 is 2.90 bits per heavy atom. The van der Waals surface area contributed by atoms with Crippen LogP contribution in [-0.2, 0) is 14.3 Å². The van der Waals surface area contributed by atoms with Gasteiger partial charge in [0.15, 0.2) is 0 Å². The first-order valence-electron chi connectivity index (χ1n) is 6.87. The van der Waals surface area contributed by atoms with Crippen molar-refractivity contribution in [2.24, 2.45) is 5.92 Å². The van der Waals surface area contributed by atoms with Gasteiger partial charge in [-0.05, 0) is 19.1 Å². The lowest BCUT2D eigenvalue weighted by Crippen LogP contribution is -2.40. The molecule has 114 valence electrons. The van der Waals surface area contributed by atoms with Crippen molar-refractivity contribution in [3.63, 3.8) is 0 Å². The van der Waals surface area contributed by atoms with E-state index >= 15 is 0 Å². The number of carbonyl (C=O) groups excluding carboxylic acids is 2. The molecule has 0 aromatic heterocycles. The molecule has 1 fully saturated rings. The number of nitrogens with one attached hydrogen (secondary N) is 1. The van der Waals surface area contributed by atoms with Crippen molar-refractivity contribution in [3.05, 3.63) is 29.3 Å². The molecule has 21 heavy (non-hydrogen) atoms. The van der Waals surface area contributed by atoms with Crippen molar-refractivity contribution < 1.29 is 14.3 Å². The molecule has 1 heterocycles. The molecule has 0 saturated carbocycles. The van der Waals surface area contributed by atoms with Gasteiger partial charge in [0.25, 0.3) is 0 Å².